The Balaban J connectivity index is -0.000000666. The van der Waals surface area contributed by atoms with Gasteiger partial charge < -0.3 is 51.5 Å². The van der Waals surface area contributed by atoms with E-state index in [-0.39, 0.29) is 48.8 Å². The SMILES string of the molecule is CC(C)(C)OCCOP(=O)([O-])OCC[N+](C)(C)C.CC(C)(C)OCC[N+](C)(C)CCC(=O)[O-].CC(C)(C)OCC[N+](C)(C)CCCS(=O)(=O)O. The zero-order chi connectivity index (χ0) is 40.3. The molecule has 15 nitrogen and oxygen atoms in total. The molecule has 1 N–H and O–H groups in total. The molecule has 0 saturated carbocycles. The van der Waals surface area contributed by atoms with Crippen LogP contribution in [0.1, 0.15) is 75.2 Å². The number of aliphatic carboxylic acids is 1. The lowest BCUT2D eigenvalue weighted by Crippen LogP contribution is -2.45. The monoisotopic (exact) mass is 768 g/mol. The molecule has 0 radical (unpaired) electrons. The van der Waals surface area contributed by atoms with E-state index in [1.165, 1.54) is 0 Å². The third-order valence-electron chi connectivity index (χ3n) is 6.43. The van der Waals surface area contributed by atoms with Crippen molar-refractivity contribution in [3.8, 4) is 0 Å². The molecule has 17 heteroatoms. The van der Waals surface area contributed by atoms with E-state index in [0.29, 0.717) is 52.7 Å². The van der Waals surface area contributed by atoms with E-state index in [2.05, 4.69) is 4.52 Å². The highest BCUT2D eigenvalue weighted by molar-refractivity contribution is 7.85. The number of carboxylic acids is 1. The molecule has 1 unspecified atom stereocenters. The van der Waals surface area contributed by atoms with Crippen LogP contribution in [0.5, 0.6) is 0 Å². The van der Waals surface area contributed by atoms with Crippen molar-refractivity contribution in [3.63, 3.8) is 0 Å². The predicted molar refractivity (Wildman–Crippen MR) is 194 cm³/mol. The summed E-state index contributed by atoms with van der Waals surface area (Å²) in [6.07, 6.45) is 0.559. The summed E-state index contributed by atoms with van der Waals surface area (Å²) in [5.74, 6) is -1.16. The Morgan fingerprint density at radius 3 is 1.38 bits per heavy atom. The predicted octanol–water partition coefficient (Wildman–Crippen LogP) is 2.18. The molecule has 0 aromatic carbocycles. The second-order valence-corrected chi connectivity index (χ2v) is 20.5. The minimum absolute atomic E-state index is 0.0254. The van der Waals surface area contributed by atoms with Crippen molar-refractivity contribution in [3.05, 3.63) is 0 Å². The van der Waals surface area contributed by atoms with Gasteiger partial charge in [-0.25, -0.2) is 0 Å². The van der Waals surface area contributed by atoms with Crippen LogP contribution in [0.25, 0.3) is 0 Å². The summed E-state index contributed by atoms with van der Waals surface area (Å²) < 4.78 is 69.1. The highest BCUT2D eigenvalue weighted by Gasteiger charge is 2.20. The van der Waals surface area contributed by atoms with Crippen LogP contribution >= 0.6 is 7.82 Å². The Labute approximate surface area is 305 Å². The van der Waals surface area contributed by atoms with Gasteiger partial charge in [0.25, 0.3) is 17.9 Å². The maximum Gasteiger partial charge on any atom is 0.268 e. The molecule has 0 heterocycles. The zero-order valence-electron chi connectivity index (χ0n) is 34.3. The Hall–Kier alpha value is -0.750. The lowest BCUT2D eigenvalue weighted by Gasteiger charge is -2.31. The smallest absolute Gasteiger partial charge is 0.268 e. The molecule has 50 heavy (non-hydrogen) atoms. The fourth-order valence-corrected chi connectivity index (χ4v) is 4.62. The molecule has 0 bridgehead atoms. The Kier molecular flexibility index (Phi) is 24.8. The van der Waals surface area contributed by atoms with Crippen molar-refractivity contribution in [1.82, 2.24) is 0 Å². The third kappa shape index (κ3) is 47.2. The second-order valence-electron chi connectivity index (χ2n) is 17.5. The lowest BCUT2D eigenvalue weighted by atomic mass is 10.2. The van der Waals surface area contributed by atoms with E-state index < -0.39 is 23.9 Å². The van der Waals surface area contributed by atoms with Gasteiger partial charge in [0.15, 0.2) is 0 Å². The second kappa shape index (κ2) is 23.1. The quantitative estimate of drug-likeness (QED) is 0.0780. The van der Waals surface area contributed by atoms with Gasteiger partial charge in [0.2, 0.25) is 0 Å². The topological polar surface area (TPSA) is 181 Å². The molecule has 0 aliphatic carbocycles. The van der Waals surface area contributed by atoms with Crippen LogP contribution < -0.4 is 10.00 Å². The molecule has 0 amide bonds. The summed E-state index contributed by atoms with van der Waals surface area (Å²) in [4.78, 5) is 21.7. The van der Waals surface area contributed by atoms with Crippen molar-refractivity contribution in [2.45, 2.75) is 92.0 Å². The van der Waals surface area contributed by atoms with E-state index in [1.54, 1.807) is 0 Å². The molecule has 0 aliphatic heterocycles. The number of phosphoric acid groups is 1. The molecule has 1 atom stereocenters. The fraction of sp³-hybridized carbons (Fsp3) is 0.970. The van der Waals surface area contributed by atoms with E-state index in [4.69, 9.17) is 23.3 Å². The van der Waals surface area contributed by atoms with Crippen molar-refractivity contribution >= 4 is 23.9 Å². The van der Waals surface area contributed by atoms with Gasteiger partial charge in [0.1, 0.15) is 26.2 Å². The van der Waals surface area contributed by atoms with Crippen molar-refractivity contribution in [2.24, 2.45) is 0 Å². The normalized spacial score (nSPS) is 14.6. The minimum atomic E-state index is -4.20. The van der Waals surface area contributed by atoms with Crippen molar-refractivity contribution < 1.29 is 69.0 Å². The number of rotatable bonds is 21. The zero-order valence-corrected chi connectivity index (χ0v) is 36.0. The maximum absolute atomic E-state index is 11.4. The van der Waals surface area contributed by atoms with Gasteiger partial charge in [-0.3, -0.25) is 9.12 Å². The number of likely N-dealkylation sites (N-methyl/N-ethyl adjacent to an activating group) is 3. The number of carbonyl (C=O) groups is 1. The largest absolute Gasteiger partial charge is 0.756 e. The van der Waals surface area contributed by atoms with Gasteiger partial charge in [-0.1, -0.05) is 0 Å². The third-order valence-corrected chi connectivity index (χ3v) is 8.23. The number of nitrogens with zero attached hydrogens (tertiary/aromatic N) is 3. The molecule has 0 aromatic rings. The van der Waals surface area contributed by atoms with E-state index >= 15 is 0 Å². The number of carbonyl (C=O) groups excluding carboxylic acids is 1. The molecule has 0 fully saturated rings. The summed E-state index contributed by atoms with van der Waals surface area (Å²) in [6.45, 7) is 22.8. The van der Waals surface area contributed by atoms with Gasteiger partial charge in [-0.2, -0.15) is 8.42 Å². The molecular weight excluding hydrogens is 693 g/mol. The minimum Gasteiger partial charge on any atom is -0.756 e. The van der Waals surface area contributed by atoms with Crippen LogP contribution in [-0.2, 0) is 42.7 Å². The molecule has 0 spiro atoms. The van der Waals surface area contributed by atoms with E-state index in [9.17, 15) is 27.8 Å². The molecule has 0 aromatic heterocycles. The van der Waals surface area contributed by atoms with Gasteiger partial charge in [-0.05, 0) is 62.3 Å². The summed E-state index contributed by atoms with van der Waals surface area (Å²) in [6, 6.07) is 0. The van der Waals surface area contributed by atoms with Gasteiger partial charge in [0.05, 0.1) is 111 Å². The van der Waals surface area contributed by atoms with E-state index in [0.717, 1.165) is 13.1 Å². The van der Waals surface area contributed by atoms with Crippen molar-refractivity contribution in [1.29, 1.82) is 0 Å². The number of carboxylic acid groups (broad SMARTS) is 1. The number of hydrogen-bond acceptors (Lipinski definition) is 11. The molecule has 0 saturated heterocycles. The maximum atomic E-state index is 11.4. The Bertz CT molecular complexity index is 1080. The summed E-state index contributed by atoms with van der Waals surface area (Å²) >= 11 is 0. The van der Waals surface area contributed by atoms with Crippen LogP contribution in [0.3, 0.4) is 0 Å². The van der Waals surface area contributed by atoms with Crippen LogP contribution in [0, 0.1) is 0 Å². The Morgan fingerprint density at radius 2 is 1.02 bits per heavy atom. The first-order valence-electron chi connectivity index (χ1n) is 17.1. The first-order chi connectivity index (χ1) is 22.0. The first kappa shape index (κ1) is 53.6. The van der Waals surface area contributed by atoms with Crippen LogP contribution in [-0.4, -0.2) is 170 Å². The van der Waals surface area contributed by atoms with Gasteiger partial charge >= 0.3 is 0 Å². The first-order valence-corrected chi connectivity index (χ1v) is 20.1. The molecular formula is C33H75N3O12PS+. The van der Waals surface area contributed by atoms with E-state index in [1.807, 2.05) is 112 Å². The fourth-order valence-electron chi connectivity index (χ4n) is 3.45. The number of phosphoric ester groups is 1. The molecule has 0 rings (SSSR count). The lowest BCUT2D eigenvalue weighted by molar-refractivity contribution is -0.890. The summed E-state index contributed by atoms with van der Waals surface area (Å²) in [7, 11) is 5.87. The number of hydrogen-bond donors (Lipinski definition) is 1. The highest BCUT2D eigenvalue weighted by Crippen LogP contribution is 2.37. The molecule has 0 aliphatic rings. The summed E-state index contributed by atoms with van der Waals surface area (Å²) in [5.41, 5.74) is -0.580. The number of ether oxygens (including phenoxy) is 3. The van der Waals surface area contributed by atoms with Gasteiger partial charge in [-0.15, -0.1) is 0 Å². The van der Waals surface area contributed by atoms with Crippen LogP contribution in [0.2, 0.25) is 0 Å². The average molecular weight is 769 g/mol. The molecule has 304 valence electrons. The van der Waals surface area contributed by atoms with Gasteiger partial charge in [0, 0.05) is 18.8 Å². The number of quaternary nitrogens is 3. The summed E-state index contributed by atoms with van der Waals surface area (Å²) in [5, 5.41) is 10.3. The highest BCUT2D eigenvalue weighted by atomic mass is 32.2. The van der Waals surface area contributed by atoms with Crippen molar-refractivity contribution in [2.75, 3.05) is 121 Å². The van der Waals surface area contributed by atoms with Crippen LogP contribution in [0.15, 0.2) is 0 Å². The standard InChI is InChI=1S/C11H26NO5P.C11H25NO4S.C11H23NO3/c1-11(2,3)15-9-10-17-18(13,14)16-8-7-12(4,5)6;1-11(2,3)16-9-8-12(4,5)7-6-10-17(13,14)15;1-11(2,3)15-9-8-12(4,5)7-6-10(13)14/h7-10H2,1-6H3;6-10H2,1-5H3;6-9H2,1-5H3/p+1. The Morgan fingerprint density at radius 1 is 0.640 bits per heavy atom. The average Bonchev–Trinajstić information content (AvgIpc) is 2.82. The van der Waals surface area contributed by atoms with Crippen LogP contribution in [0.4, 0.5) is 0 Å².